The van der Waals surface area contributed by atoms with Gasteiger partial charge in [0.2, 0.25) is 15.9 Å². The molecule has 150 valence electrons. The van der Waals surface area contributed by atoms with E-state index in [1.54, 1.807) is 18.2 Å². The van der Waals surface area contributed by atoms with E-state index in [1.165, 1.54) is 0 Å². The fraction of sp³-hybridized carbons (Fsp3) is 0.611. The van der Waals surface area contributed by atoms with Gasteiger partial charge in [0.05, 0.1) is 25.4 Å². The minimum atomic E-state index is -3.38. The van der Waals surface area contributed by atoms with Crippen LogP contribution in [-0.2, 0) is 19.6 Å². The standard InChI is InChI=1S/C18H26N2O6S/c1-3-6-19-17(22)9-12-8-14-13-7-11(20-27(2,23)24)4-5-15(13)26-18(14)16(10-21)25-12/h4-5,7,12,14,16,18,20-21H,3,6,8-10H2,1-2H3,(H,19,22)/t12-,14-,16-,18+/m0/s1. The van der Waals surface area contributed by atoms with Crippen LogP contribution < -0.4 is 14.8 Å². The van der Waals surface area contributed by atoms with Gasteiger partial charge in [0, 0.05) is 23.7 Å². The molecule has 0 saturated carbocycles. The summed E-state index contributed by atoms with van der Waals surface area (Å²) in [6.45, 7) is 2.39. The number of nitrogens with one attached hydrogen (secondary N) is 2. The summed E-state index contributed by atoms with van der Waals surface area (Å²) in [4.78, 5) is 12.1. The fourth-order valence-electron chi connectivity index (χ4n) is 3.71. The van der Waals surface area contributed by atoms with Crippen LogP contribution >= 0.6 is 0 Å². The van der Waals surface area contributed by atoms with Gasteiger partial charge in [-0.3, -0.25) is 9.52 Å². The molecular weight excluding hydrogens is 372 g/mol. The highest BCUT2D eigenvalue weighted by atomic mass is 32.2. The minimum absolute atomic E-state index is 0.0730. The van der Waals surface area contributed by atoms with E-state index in [-0.39, 0.29) is 37.1 Å². The first kappa shape index (κ1) is 19.9. The average molecular weight is 398 g/mol. The van der Waals surface area contributed by atoms with Crippen LogP contribution in [0.15, 0.2) is 18.2 Å². The highest BCUT2D eigenvalue weighted by Crippen LogP contribution is 2.47. The van der Waals surface area contributed by atoms with E-state index in [0.29, 0.717) is 24.4 Å². The highest BCUT2D eigenvalue weighted by molar-refractivity contribution is 7.92. The molecule has 4 atom stereocenters. The zero-order chi connectivity index (χ0) is 19.6. The van der Waals surface area contributed by atoms with Gasteiger partial charge in [0.15, 0.2) is 0 Å². The summed E-state index contributed by atoms with van der Waals surface area (Å²) in [5, 5.41) is 12.6. The van der Waals surface area contributed by atoms with E-state index in [2.05, 4.69) is 10.0 Å². The molecule has 0 unspecified atom stereocenters. The summed E-state index contributed by atoms with van der Waals surface area (Å²) in [7, 11) is -3.38. The third-order valence-corrected chi connectivity index (χ3v) is 5.39. The van der Waals surface area contributed by atoms with Crippen molar-refractivity contribution in [1.82, 2.24) is 5.32 Å². The predicted octanol–water partition coefficient (Wildman–Crippen LogP) is 0.969. The summed E-state index contributed by atoms with van der Waals surface area (Å²) in [5.74, 6) is 0.502. The number of fused-ring (bicyclic) bond motifs is 3. The van der Waals surface area contributed by atoms with Gasteiger partial charge >= 0.3 is 0 Å². The van der Waals surface area contributed by atoms with Gasteiger partial charge in [-0.05, 0) is 31.0 Å². The number of amides is 1. The molecule has 27 heavy (non-hydrogen) atoms. The molecule has 3 N–H and O–H groups in total. The maximum Gasteiger partial charge on any atom is 0.229 e. The number of carbonyl (C=O) groups is 1. The first-order valence-corrected chi connectivity index (χ1v) is 11.0. The molecule has 9 heteroatoms. The van der Waals surface area contributed by atoms with Crippen molar-refractivity contribution < 1.29 is 27.8 Å². The topological polar surface area (TPSA) is 114 Å². The zero-order valence-corrected chi connectivity index (χ0v) is 16.3. The Bertz CT molecular complexity index is 797. The fourth-order valence-corrected chi connectivity index (χ4v) is 4.27. The van der Waals surface area contributed by atoms with Crippen molar-refractivity contribution in [2.45, 2.75) is 50.4 Å². The van der Waals surface area contributed by atoms with Gasteiger partial charge in [-0.1, -0.05) is 6.92 Å². The first-order chi connectivity index (χ1) is 12.8. The molecule has 0 spiro atoms. The molecule has 3 rings (SSSR count). The number of benzene rings is 1. The van der Waals surface area contributed by atoms with Crippen LogP contribution in [0, 0.1) is 0 Å². The van der Waals surface area contributed by atoms with Crippen LogP contribution in [0.1, 0.15) is 37.7 Å². The van der Waals surface area contributed by atoms with Crippen molar-refractivity contribution >= 4 is 21.6 Å². The normalized spacial score (nSPS) is 26.6. The van der Waals surface area contributed by atoms with Crippen LogP contribution in [0.2, 0.25) is 0 Å². The van der Waals surface area contributed by atoms with E-state index in [4.69, 9.17) is 9.47 Å². The van der Waals surface area contributed by atoms with E-state index < -0.39 is 16.1 Å². The van der Waals surface area contributed by atoms with Crippen molar-refractivity contribution in [1.29, 1.82) is 0 Å². The second-order valence-corrected chi connectivity index (χ2v) is 8.83. The number of carbonyl (C=O) groups excluding carboxylic acids is 1. The maximum absolute atomic E-state index is 12.1. The number of hydrogen-bond acceptors (Lipinski definition) is 6. The van der Waals surface area contributed by atoms with Gasteiger partial charge in [-0.25, -0.2) is 8.42 Å². The van der Waals surface area contributed by atoms with Gasteiger partial charge in [0.1, 0.15) is 18.0 Å². The molecule has 1 aromatic carbocycles. The molecule has 2 aliphatic rings. The third-order valence-electron chi connectivity index (χ3n) is 4.79. The Morgan fingerprint density at radius 1 is 1.37 bits per heavy atom. The SMILES string of the molecule is CCCNC(=O)C[C@@H]1C[C@H]2c3cc(NS(C)(=O)=O)ccc3O[C@H]2[C@H](CO)O1. The van der Waals surface area contributed by atoms with E-state index in [1.807, 2.05) is 6.92 Å². The van der Waals surface area contributed by atoms with Gasteiger partial charge in [-0.2, -0.15) is 0 Å². The number of sulfonamides is 1. The molecule has 0 aromatic heterocycles. The summed E-state index contributed by atoms with van der Waals surface area (Å²) >= 11 is 0. The maximum atomic E-state index is 12.1. The molecule has 0 aliphatic carbocycles. The van der Waals surface area contributed by atoms with Gasteiger partial charge in [-0.15, -0.1) is 0 Å². The number of aliphatic hydroxyl groups is 1. The number of rotatable bonds is 7. The van der Waals surface area contributed by atoms with Gasteiger partial charge in [0.25, 0.3) is 0 Å². The lowest BCUT2D eigenvalue weighted by Gasteiger charge is -2.37. The average Bonchev–Trinajstić information content (AvgIpc) is 2.96. The molecule has 0 bridgehead atoms. The van der Waals surface area contributed by atoms with Crippen molar-refractivity contribution in [3.8, 4) is 5.75 Å². The first-order valence-electron chi connectivity index (χ1n) is 9.12. The summed E-state index contributed by atoms with van der Waals surface area (Å²) in [6.07, 6.45) is 1.52. The molecule has 0 radical (unpaired) electrons. The lowest BCUT2D eigenvalue weighted by Crippen LogP contribution is -2.47. The van der Waals surface area contributed by atoms with E-state index >= 15 is 0 Å². The van der Waals surface area contributed by atoms with Crippen LogP contribution in [-0.4, -0.2) is 57.2 Å². The van der Waals surface area contributed by atoms with E-state index in [9.17, 15) is 18.3 Å². The summed E-state index contributed by atoms with van der Waals surface area (Å²) < 4.78 is 37.3. The number of anilines is 1. The number of aliphatic hydroxyl groups excluding tert-OH is 1. The van der Waals surface area contributed by atoms with Crippen molar-refractivity contribution in [2.24, 2.45) is 0 Å². The molecule has 1 fully saturated rings. The number of hydrogen-bond donors (Lipinski definition) is 3. The monoisotopic (exact) mass is 398 g/mol. The third kappa shape index (κ3) is 4.72. The Morgan fingerprint density at radius 3 is 2.81 bits per heavy atom. The van der Waals surface area contributed by atoms with Crippen LogP contribution in [0.3, 0.4) is 0 Å². The van der Waals surface area contributed by atoms with Crippen LogP contribution in [0.25, 0.3) is 0 Å². The minimum Gasteiger partial charge on any atom is -0.487 e. The molecule has 1 amide bonds. The molecule has 8 nitrogen and oxygen atoms in total. The Kier molecular flexibility index (Phi) is 5.92. The van der Waals surface area contributed by atoms with Crippen molar-refractivity contribution in [3.05, 3.63) is 23.8 Å². The lowest BCUT2D eigenvalue weighted by molar-refractivity contribution is -0.142. The smallest absolute Gasteiger partial charge is 0.229 e. The summed E-state index contributed by atoms with van der Waals surface area (Å²) in [5.41, 5.74) is 1.33. The largest absolute Gasteiger partial charge is 0.487 e. The predicted molar refractivity (Wildman–Crippen MR) is 100 cm³/mol. The highest BCUT2D eigenvalue weighted by Gasteiger charge is 2.46. The van der Waals surface area contributed by atoms with Gasteiger partial charge < -0.3 is 19.9 Å². The van der Waals surface area contributed by atoms with Crippen molar-refractivity contribution in [3.63, 3.8) is 0 Å². The van der Waals surface area contributed by atoms with Crippen LogP contribution in [0.4, 0.5) is 5.69 Å². The van der Waals surface area contributed by atoms with Crippen molar-refractivity contribution in [2.75, 3.05) is 24.1 Å². The van der Waals surface area contributed by atoms with E-state index in [0.717, 1.165) is 18.2 Å². The Balaban J connectivity index is 1.79. The molecule has 1 aromatic rings. The zero-order valence-electron chi connectivity index (χ0n) is 15.5. The summed E-state index contributed by atoms with van der Waals surface area (Å²) in [6, 6.07) is 5.12. The molecule has 2 aliphatic heterocycles. The van der Waals surface area contributed by atoms with Crippen LogP contribution in [0.5, 0.6) is 5.75 Å². The molecule has 1 saturated heterocycles. The Labute approximate surface area is 159 Å². The Hall–Kier alpha value is -1.84. The second kappa shape index (κ2) is 8.04. The quantitative estimate of drug-likeness (QED) is 0.631. The Morgan fingerprint density at radius 2 is 2.15 bits per heavy atom. The number of ether oxygens (including phenoxy) is 2. The molecular formula is C18H26N2O6S. The lowest BCUT2D eigenvalue weighted by atomic mass is 9.84. The molecule has 2 heterocycles. The second-order valence-electron chi connectivity index (χ2n) is 7.08.